The van der Waals surface area contributed by atoms with E-state index in [0.717, 1.165) is 5.92 Å². The van der Waals surface area contributed by atoms with Gasteiger partial charge in [0.2, 0.25) is 0 Å². The minimum absolute atomic E-state index is 0.479. The van der Waals surface area contributed by atoms with Gasteiger partial charge in [-0.1, -0.05) is 32.1 Å². The van der Waals surface area contributed by atoms with Crippen molar-refractivity contribution in [1.82, 2.24) is 5.32 Å². The van der Waals surface area contributed by atoms with Gasteiger partial charge in [0, 0.05) is 6.04 Å². The third-order valence-corrected chi connectivity index (χ3v) is 4.38. The van der Waals surface area contributed by atoms with Gasteiger partial charge in [0.25, 0.3) is 0 Å². The van der Waals surface area contributed by atoms with Crippen LogP contribution in [0.4, 0.5) is 0 Å². The maximum atomic E-state index is 6.01. The summed E-state index contributed by atoms with van der Waals surface area (Å²) in [5, 5.41) is 3.40. The van der Waals surface area contributed by atoms with E-state index in [4.69, 9.17) is 5.73 Å². The zero-order valence-corrected chi connectivity index (χ0v) is 11.1. The fourth-order valence-corrected chi connectivity index (χ4v) is 3.25. The summed E-state index contributed by atoms with van der Waals surface area (Å²) in [5.74, 6) is 1.48. The maximum Gasteiger partial charge on any atom is 0.189 e. The predicted molar refractivity (Wildman–Crippen MR) is 73.1 cm³/mol. The van der Waals surface area contributed by atoms with E-state index >= 15 is 0 Å². The first-order valence-electron chi connectivity index (χ1n) is 7.35. The normalized spacial score (nSPS) is 26.1. The Morgan fingerprint density at radius 1 is 1.06 bits per heavy atom. The SMILES string of the molecule is CC(NC(N)=NC1CCCCC1)C1CCCC1. The number of rotatable bonds is 3. The van der Waals surface area contributed by atoms with Crippen LogP contribution in [0.5, 0.6) is 0 Å². The Kier molecular flexibility index (Phi) is 4.69. The van der Waals surface area contributed by atoms with Crippen molar-refractivity contribution in [2.75, 3.05) is 0 Å². The van der Waals surface area contributed by atoms with Gasteiger partial charge in [-0.3, -0.25) is 4.99 Å². The van der Waals surface area contributed by atoms with E-state index in [0.29, 0.717) is 18.0 Å². The smallest absolute Gasteiger partial charge is 0.189 e. The van der Waals surface area contributed by atoms with Gasteiger partial charge in [-0.25, -0.2) is 0 Å². The highest BCUT2D eigenvalue weighted by Gasteiger charge is 2.22. The fraction of sp³-hybridized carbons (Fsp3) is 0.929. The second-order valence-electron chi connectivity index (χ2n) is 5.78. The van der Waals surface area contributed by atoms with E-state index < -0.39 is 0 Å². The molecule has 0 aromatic carbocycles. The average Bonchev–Trinajstić information content (AvgIpc) is 2.83. The molecular weight excluding hydrogens is 210 g/mol. The molecule has 0 heterocycles. The number of hydrogen-bond donors (Lipinski definition) is 2. The number of nitrogens with two attached hydrogens (primary N) is 1. The Labute approximate surface area is 105 Å². The van der Waals surface area contributed by atoms with E-state index in [9.17, 15) is 0 Å². The lowest BCUT2D eigenvalue weighted by atomic mass is 9.96. The van der Waals surface area contributed by atoms with Crippen LogP contribution in [-0.2, 0) is 0 Å². The van der Waals surface area contributed by atoms with Gasteiger partial charge in [0.1, 0.15) is 0 Å². The topological polar surface area (TPSA) is 50.4 Å². The first-order valence-corrected chi connectivity index (χ1v) is 7.35. The van der Waals surface area contributed by atoms with Crippen LogP contribution in [0.25, 0.3) is 0 Å². The van der Waals surface area contributed by atoms with Crippen molar-refractivity contribution < 1.29 is 0 Å². The summed E-state index contributed by atoms with van der Waals surface area (Å²) in [7, 11) is 0. The largest absolute Gasteiger partial charge is 0.370 e. The number of guanidine groups is 1. The molecule has 0 aliphatic heterocycles. The van der Waals surface area contributed by atoms with Crippen LogP contribution >= 0.6 is 0 Å². The zero-order chi connectivity index (χ0) is 12.1. The third kappa shape index (κ3) is 3.90. The molecule has 2 rings (SSSR count). The lowest BCUT2D eigenvalue weighted by molar-refractivity contribution is 0.417. The van der Waals surface area contributed by atoms with E-state index in [1.807, 2.05) is 0 Å². The molecule has 3 nitrogen and oxygen atoms in total. The van der Waals surface area contributed by atoms with E-state index in [2.05, 4.69) is 17.2 Å². The standard InChI is InChI=1S/C14H27N3/c1-11(12-7-5-6-8-12)16-14(15)17-13-9-3-2-4-10-13/h11-13H,2-10H2,1H3,(H3,15,16,17). The molecule has 3 heteroatoms. The molecule has 0 aromatic heterocycles. The Morgan fingerprint density at radius 3 is 2.29 bits per heavy atom. The van der Waals surface area contributed by atoms with Gasteiger partial charge in [0.05, 0.1) is 6.04 Å². The molecule has 17 heavy (non-hydrogen) atoms. The molecule has 0 spiro atoms. The quantitative estimate of drug-likeness (QED) is 0.586. The summed E-state index contributed by atoms with van der Waals surface area (Å²) in [6, 6.07) is 0.969. The lowest BCUT2D eigenvalue weighted by Crippen LogP contribution is -2.42. The average molecular weight is 237 g/mol. The van der Waals surface area contributed by atoms with Crippen molar-refractivity contribution in [3.8, 4) is 0 Å². The fourth-order valence-electron chi connectivity index (χ4n) is 3.25. The van der Waals surface area contributed by atoms with Crippen LogP contribution in [0.2, 0.25) is 0 Å². The highest BCUT2D eigenvalue weighted by molar-refractivity contribution is 5.78. The Balaban J connectivity index is 1.78. The van der Waals surface area contributed by atoms with E-state index in [1.54, 1.807) is 0 Å². The molecule has 2 aliphatic rings. The molecule has 98 valence electrons. The minimum Gasteiger partial charge on any atom is -0.370 e. The summed E-state index contributed by atoms with van der Waals surface area (Å²) in [6.07, 6.45) is 11.9. The summed E-state index contributed by atoms with van der Waals surface area (Å²) in [4.78, 5) is 4.63. The molecule has 2 aliphatic carbocycles. The van der Waals surface area contributed by atoms with Crippen molar-refractivity contribution >= 4 is 5.96 Å². The molecule has 1 atom stereocenters. The molecule has 1 unspecified atom stereocenters. The highest BCUT2D eigenvalue weighted by atomic mass is 15.1. The number of nitrogens with one attached hydrogen (secondary N) is 1. The van der Waals surface area contributed by atoms with Crippen molar-refractivity contribution in [1.29, 1.82) is 0 Å². The molecule has 0 aromatic rings. The molecular formula is C14H27N3. The van der Waals surface area contributed by atoms with Crippen LogP contribution in [0.15, 0.2) is 4.99 Å². The molecule has 2 saturated carbocycles. The van der Waals surface area contributed by atoms with Crippen LogP contribution < -0.4 is 11.1 Å². The first-order chi connectivity index (χ1) is 8.25. The van der Waals surface area contributed by atoms with Crippen LogP contribution in [0, 0.1) is 5.92 Å². The second kappa shape index (κ2) is 6.27. The minimum atomic E-state index is 0.479. The van der Waals surface area contributed by atoms with Crippen molar-refractivity contribution in [2.24, 2.45) is 16.6 Å². The van der Waals surface area contributed by atoms with Gasteiger partial charge in [-0.05, 0) is 38.5 Å². The number of nitrogens with zero attached hydrogens (tertiary/aromatic N) is 1. The van der Waals surface area contributed by atoms with Crippen molar-refractivity contribution in [3.05, 3.63) is 0 Å². The monoisotopic (exact) mass is 237 g/mol. The van der Waals surface area contributed by atoms with Crippen LogP contribution in [0.3, 0.4) is 0 Å². The van der Waals surface area contributed by atoms with Gasteiger partial charge >= 0.3 is 0 Å². The highest BCUT2D eigenvalue weighted by Crippen LogP contribution is 2.27. The van der Waals surface area contributed by atoms with E-state index in [1.165, 1.54) is 57.8 Å². The maximum absolute atomic E-state index is 6.01. The number of aliphatic imine (C=N–C) groups is 1. The molecule has 3 N–H and O–H groups in total. The molecule has 0 bridgehead atoms. The Hall–Kier alpha value is -0.730. The Morgan fingerprint density at radius 2 is 1.65 bits per heavy atom. The summed E-state index contributed by atoms with van der Waals surface area (Å²) in [6.45, 7) is 2.25. The summed E-state index contributed by atoms with van der Waals surface area (Å²) in [5.41, 5.74) is 6.01. The molecule has 0 amide bonds. The summed E-state index contributed by atoms with van der Waals surface area (Å²) >= 11 is 0. The van der Waals surface area contributed by atoms with Gasteiger partial charge in [-0.15, -0.1) is 0 Å². The first kappa shape index (κ1) is 12.7. The van der Waals surface area contributed by atoms with Gasteiger partial charge in [0.15, 0.2) is 5.96 Å². The van der Waals surface area contributed by atoms with Crippen molar-refractivity contribution in [2.45, 2.75) is 76.8 Å². The second-order valence-corrected chi connectivity index (χ2v) is 5.78. The van der Waals surface area contributed by atoms with Crippen LogP contribution in [0.1, 0.15) is 64.7 Å². The predicted octanol–water partition coefficient (Wildman–Crippen LogP) is 2.80. The van der Waals surface area contributed by atoms with Gasteiger partial charge in [-0.2, -0.15) is 0 Å². The summed E-state index contributed by atoms with van der Waals surface area (Å²) < 4.78 is 0. The molecule has 0 saturated heterocycles. The van der Waals surface area contributed by atoms with E-state index in [-0.39, 0.29) is 0 Å². The molecule has 2 fully saturated rings. The van der Waals surface area contributed by atoms with Crippen LogP contribution in [-0.4, -0.2) is 18.0 Å². The Bertz CT molecular complexity index is 250. The zero-order valence-electron chi connectivity index (χ0n) is 11.1. The van der Waals surface area contributed by atoms with Crippen molar-refractivity contribution in [3.63, 3.8) is 0 Å². The molecule has 0 radical (unpaired) electrons. The van der Waals surface area contributed by atoms with Gasteiger partial charge < -0.3 is 11.1 Å². The third-order valence-electron chi connectivity index (χ3n) is 4.38. The lowest BCUT2D eigenvalue weighted by Gasteiger charge is -2.23. The number of hydrogen-bond acceptors (Lipinski definition) is 1.